The Labute approximate surface area is 119 Å². The number of pyridine rings is 1. The van der Waals surface area contributed by atoms with Gasteiger partial charge in [0, 0.05) is 5.33 Å². The molecule has 0 atom stereocenters. The third-order valence-corrected chi connectivity index (χ3v) is 3.46. The highest BCUT2D eigenvalue weighted by atomic mass is 127. The van der Waals surface area contributed by atoms with E-state index in [1.54, 1.807) is 6.92 Å². The van der Waals surface area contributed by atoms with Crippen LogP contribution in [0.3, 0.4) is 0 Å². The van der Waals surface area contributed by atoms with E-state index in [1.165, 1.54) is 6.07 Å². The lowest BCUT2D eigenvalue weighted by molar-refractivity contribution is 0.0507. The molecule has 94 valence electrons. The van der Waals surface area contributed by atoms with Crippen LogP contribution in [0.4, 0.5) is 8.78 Å². The fraction of sp³-hybridized carbons (Fsp3) is 0.400. The summed E-state index contributed by atoms with van der Waals surface area (Å²) in [6.07, 6.45) is -2.75. The second-order valence-corrected chi connectivity index (χ2v) is 4.61. The van der Waals surface area contributed by atoms with Crippen LogP contribution in [0, 0.1) is 3.70 Å². The van der Waals surface area contributed by atoms with Crippen molar-refractivity contribution in [3.8, 4) is 0 Å². The van der Waals surface area contributed by atoms with E-state index < -0.39 is 18.0 Å². The summed E-state index contributed by atoms with van der Waals surface area (Å²) < 4.78 is 30.8. The first-order chi connectivity index (χ1) is 8.01. The van der Waals surface area contributed by atoms with E-state index in [1.807, 2.05) is 22.6 Å². The van der Waals surface area contributed by atoms with Gasteiger partial charge >= 0.3 is 5.97 Å². The van der Waals surface area contributed by atoms with Crippen molar-refractivity contribution in [2.75, 3.05) is 6.61 Å². The number of esters is 1. The molecule has 1 rings (SSSR count). The zero-order chi connectivity index (χ0) is 13.0. The van der Waals surface area contributed by atoms with Gasteiger partial charge in [0.15, 0.2) is 5.69 Å². The molecule has 0 fully saturated rings. The Balaban J connectivity index is 3.27. The zero-order valence-corrected chi connectivity index (χ0v) is 12.6. The van der Waals surface area contributed by atoms with E-state index in [4.69, 9.17) is 4.74 Å². The molecule has 0 N–H and O–H groups in total. The molecule has 17 heavy (non-hydrogen) atoms. The van der Waals surface area contributed by atoms with Crippen molar-refractivity contribution in [2.45, 2.75) is 18.7 Å². The summed E-state index contributed by atoms with van der Waals surface area (Å²) in [5.41, 5.74) is -0.0804. The Bertz CT molecular complexity index is 429. The summed E-state index contributed by atoms with van der Waals surface area (Å²) in [5, 5.41) is 0.404. The minimum atomic E-state index is -2.75. The van der Waals surface area contributed by atoms with Crippen LogP contribution in [0.1, 0.15) is 35.0 Å². The number of carbonyl (C=O) groups excluding carboxylic acids is 1. The molecule has 0 radical (unpaired) electrons. The Morgan fingerprint density at radius 1 is 1.65 bits per heavy atom. The molecule has 0 aliphatic carbocycles. The monoisotopic (exact) mass is 419 g/mol. The lowest BCUT2D eigenvalue weighted by Gasteiger charge is -2.10. The molecule has 0 saturated carbocycles. The van der Waals surface area contributed by atoms with Crippen molar-refractivity contribution >= 4 is 44.5 Å². The highest BCUT2D eigenvalue weighted by Gasteiger charge is 2.23. The standard InChI is InChI=1S/C10H9BrF2INO2/c1-2-17-10(16)7-6(8(12)13)3-5(4-11)9(14)15-7/h3,8H,2,4H2,1H3. The molecular formula is C10H9BrF2INO2. The van der Waals surface area contributed by atoms with Gasteiger partial charge in [0.1, 0.15) is 3.70 Å². The fourth-order valence-corrected chi connectivity index (χ4v) is 2.71. The number of alkyl halides is 3. The smallest absolute Gasteiger partial charge is 0.357 e. The number of ether oxygens (including phenoxy) is 1. The summed E-state index contributed by atoms with van der Waals surface area (Å²) >= 11 is 5.07. The minimum Gasteiger partial charge on any atom is -0.461 e. The van der Waals surface area contributed by atoms with Crippen molar-refractivity contribution < 1.29 is 18.3 Å². The number of hydrogen-bond donors (Lipinski definition) is 0. The Hall–Kier alpha value is -0.310. The van der Waals surface area contributed by atoms with Crippen molar-refractivity contribution in [1.29, 1.82) is 0 Å². The van der Waals surface area contributed by atoms with Gasteiger partial charge in [-0.25, -0.2) is 18.6 Å². The lowest BCUT2D eigenvalue weighted by Crippen LogP contribution is -2.13. The molecule has 0 spiro atoms. The summed E-state index contributed by atoms with van der Waals surface area (Å²) in [6, 6.07) is 1.28. The SMILES string of the molecule is CCOC(=O)c1nc(I)c(CBr)cc1C(F)F. The van der Waals surface area contributed by atoms with Gasteiger partial charge in [0.05, 0.1) is 12.2 Å². The fourth-order valence-electron chi connectivity index (χ4n) is 1.17. The lowest BCUT2D eigenvalue weighted by atomic mass is 10.1. The Morgan fingerprint density at radius 2 is 2.29 bits per heavy atom. The van der Waals surface area contributed by atoms with E-state index >= 15 is 0 Å². The average Bonchev–Trinajstić information content (AvgIpc) is 2.28. The van der Waals surface area contributed by atoms with Gasteiger partial charge in [-0.15, -0.1) is 0 Å². The largest absolute Gasteiger partial charge is 0.461 e. The van der Waals surface area contributed by atoms with E-state index in [-0.39, 0.29) is 12.3 Å². The van der Waals surface area contributed by atoms with Gasteiger partial charge in [-0.05, 0) is 41.1 Å². The topological polar surface area (TPSA) is 39.2 Å². The van der Waals surface area contributed by atoms with Crippen LogP contribution in [-0.2, 0) is 10.1 Å². The highest BCUT2D eigenvalue weighted by molar-refractivity contribution is 14.1. The van der Waals surface area contributed by atoms with Crippen molar-refractivity contribution in [2.24, 2.45) is 0 Å². The molecule has 1 aromatic heterocycles. The third kappa shape index (κ3) is 3.57. The molecule has 0 aliphatic rings. The van der Waals surface area contributed by atoms with Gasteiger partial charge < -0.3 is 4.74 Å². The summed E-state index contributed by atoms with van der Waals surface area (Å²) in [7, 11) is 0. The van der Waals surface area contributed by atoms with E-state index in [0.717, 1.165) is 0 Å². The van der Waals surface area contributed by atoms with Gasteiger partial charge in [-0.2, -0.15) is 0 Å². The summed E-state index contributed by atoms with van der Waals surface area (Å²) in [4.78, 5) is 15.4. The molecule has 0 aromatic carbocycles. The number of nitrogens with zero attached hydrogens (tertiary/aromatic N) is 1. The molecule has 7 heteroatoms. The highest BCUT2D eigenvalue weighted by Crippen LogP contribution is 2.26. The second kappa shape index (κ2) is 6.58. The molecule has 1 heterocycles. The van der Waals surface area contributed by atoms with Crippen LogP contribution in [0.15, 0.2) is 6.07 Å². The summed E-state index contributed by atoms with van der Waals surface area (Å²) in [6.45, 7) is 1.73. The van der Waals surface area contributed by atoms with Crippen LogP contribution in [0.5, 0.6) is 0 Å². The minimum absolute atomic E-state index is 0.125. The molecule has 0 unspecified atom stereocenters. The van der Waals surface area contributed by atoms with Crippen LogP contribution >= 0.6 is 38.5 Å². The van der Waals surface area contributed by atoms with Crippen LogP contribution in [0.25, 0.3) is 0 Å². The van der Waals surface area contributed by atoms with Crippen LogP contribution in [0.2, 0.25) is 0 Å². The first kappa shape index (κ1) is 14.7. The molecule has 0 saturated heterocycles. The first-order valence-corrected chi connectivity index (χ1v) is 6.91. The van der Waals surface area contributed by atoms with E-state index in [2.05, 4.69) is 20.9 Å². The molecular weight excluding hydrogens is 411 g/mol. The van der Waals surface area contributed by atoms with Gasteiger partial charge in [0.2, 0.25) is 0 Å². The van der Waals surface area contributed by atoms with Crippen molar-refractivity contribution in [3.05, 3.63) is 26.6 Å². The number of aromatic nitrogens is 1. The Kier molecular flexibility index (Phi) is 5.71. The molecule has 0 bridgehead atoms. The van der Waals surface area contributed by atoms with Crippen molar-refractivity contribution in [1.82, 2.24) is 4.98 Å². The first-order valence-electron chi connectivity index (χ1n) is 4.71. The van der Waals surface area contributed by atoms with Gasteiger partial charge in [-0.3, -0.25) is 0 Å². The summed E-state index contributed by atoms with van der Waals surface area (Å²) in [5.74, 6) is -0.818. The third-order valence-electron chi connectivity index (χ3n) is 1.93. The normalized spacial score (nSPS) is 10.7. The van der Waals surface area contributed by atoms with Crippen LogP contribution in [-0.4, -0.2) is 17.6 Å². The van der Waals surface area contributed by atoms with Crippen molar-refractivity contribution in [3.63, 3.8) is 0 Å². The number of carbonyl (C=O) groups is 1. The molecule has 0 aliphatic heterocycles. The average molecular weight is 420 g/mol. The number of halogens is 4. The zero-order valence-electron chi connectivity index (χ0n) is 8.84. The predicted molar refractivity (Wildman–Crippen MR) is 70.5 cm³/mol. The van der Waals surface area contributed by atoms with Gasteiger partial charge in [0.25, 0.3) is 6.43 Å². The number of rotatable bonds is 4. The molecule has 1 aromatic rings. The van der Waals surface area contributed by atoms with E-state index in [9.17, 15) is 13.6 Å². The van der Waals surface area contributed by atoms with Crippen LogP contribution < -0.4 is 0 Å². The van der Waals surface area contributed by atoms with E-state index in [0.29, 0.717) is 14.6 Å². The predicted octanol–water partition coefficient (Wildman–Crippen LogP) is 3.70. The maximum Gasteiger partial charge on any atom is 0.357 e. The molecule has 0 amide bonds. The maximum absolute atomic E-state index is 12.8. The van der Waals surface area contributed by atoms with Gasteiger partial charge in [-0.1, -0.05) is 15.9 Å². The quantitative estimate of drug-likeness (QED) is 0.323. The maximum atomic E-state index is 12.8. The second-order valence-electron chi connectivity index (χ2n) is 3.03. The Morgan fingerprint density at radius 3 is 2.76 bits per heavy atom. The molecule has 3 nitrogen and oxygen atoms in total. The number of hydrogen-bond acceptors (Lipinski definition) is 3.